The van der Waals surface area contributed by atoms with Crippen molar-refractivity contribution in [3.8, 4) is 0 Å². The highest BCUT2D eigenvalue weighted by atomic mass is 16.6. The normalized spacial score (nSPS) is 10.1. The van der Waals surface area contributed by atoms with Crippen LogP contribution < -0.4 is 5.32 Å². The summed E-state index contributed by atoms with van der Waals surface area (Å²) < 4.78 is 0. The minimum Gasteiger partial charge on any atom is -0.348 e. The van der Waals surface area contributed by atoms with Crippen molar-refractivity contribution in [2.45, 2.75) is 13.0 Å². The molecule has 0 aliphatic rings. The first-order valence-corrected chi connectivity index (χ1v) is 5.37. The first-order valence-electron chi connectivity index (χ1n) is 5.37. The van der Waals surface area contributed by atoms with Crippen LogP contribution in [0.5, 0.6) is 0 Å². The third kappa shape index (κ3) is 3.56. The number of H-pyrrole nitrogens is 1. The van der Waals surface area contributed by atoms with Crippen LogP contribution in [0.15, 0.2) is 24.3 Å². The molecule has 0 fully saturated rings. The second-order valence-electron chi connectivity index (χ2n) is 3.71. The number of hydrogen-bond donors (Lipinski definition) is 2. The molecule has 2 aromatic rings. The van der Waals surface area contributed by atoms with E-state index in [1.807, 2.05) is 0 Å². The molecule has 2 rings (SSSR count). The lowest BCUT2D eigenvalue weighted by Crippen LogP contribution is -2.25. The number of aromatic nitrogens is 4. The third-order valence-electron chi connectivity index (χ3n) is 2.34. The summed E-state index contributed by atoms with van der Waals surface area (Å²) in [6, 6.07) is 5.82. The first kappa shape index (κ1) is 12.6. The Balaban J connectivity index is 1.86. The van der Waals surface area contributed by atoms with Crippen LogP contribution in [0.25, 0.3) is 0 Å². The quantitative estimate of drug-likeness (QED) is 0.575. The fourth-order valence-electron chi connectivity index (χ4n) is 1.42. The Morgan fingerprint density at radius 3 is 2.68 bits per heavy atom. The van der Waals surface area contributed by atoms with E-state index in [0.717, 1.165) is 0 Å². The molecule has 1 heterocycles. The monoisotopic (exact) mass is 262 g/mol. The summed E-state index contributed by atoms with van der Waals surface area (Å²) >= 11 is 0. The maximum atomic E-state index is 11.6. The smallest absolute Gasteiger partial charge is 0.269 e. The van der Waals surface area contributed by atoms with Crippen molar-refractivity contribution >= 4 is 11.6 Å². The number of nitro benzene ring substituents is 1. The van der Waals surface area contributed by atoms with Crippen LogP contribution in [-0.2, 0) is 17.8 Å². The van der Waals surface area contributed by atoms with Gasteiger partial charge in [-0.1, -0.05) is 17.3 Å². The standard InChI is InChI=1S/C10H10N6O3/c17-10(11-6-9-12-14-15-13-9)5-7-1-3-8(4-2-7)16(18)19/h1-4H,5-6H2,(H,11,17)(H,12,13,14,15). The van der Waals surface area contributed by atoms with Crippen LogP contribution in [-0.4, -0.2) is 31.5 Å². The molecular formula is C10H10N6O3. The molecule has 0 bridgehead atoms. The summed E-state index contributed by atoms with van der Waals surface area (Å²) in [5.74, 6) is 0.163. The Hall–Kier alpha value is -2.84. The van der Waals surface area contributed by atoms with Crippen molar-refractivity contribution in [3.05, 3.63) is 45.8 Å². The lowest BCUT2D eigenvalue weighted by molar-refractivity contribution is -0.384. The van der Waals surface area contributed by atoms with Gasteiger partial charge in [0.1, 0.15) is 0 Å². The molecule has 0 unspecified atom stereocenters. The van der Waals surface area contributed by atoms with Gasteiger partial charge in [-0.2, -0.15) is 5.21 Å². The fourth-order valence-corrected chi connectivity index (χ4v) is 1.42. The number of non-ortho nitro benzene ring substituents is 1. The zero-order valence-corrected chi connectivity index (χ0v) is 9.74. The van der Waals surface area contributed by atoms with Gasteiger partial charge in [-0.05, 0) is 5.56 Å². The summed E-state index contributed by atoms with van der Waals surface area (Å²) in [5, 5.41) is 26.1. The van der Waals surface area contributed by atoms with Crippen molar-refractivity contribution in [3.63, 3.8) is 0 Å². The van der Waals surface area contributed by atoms with Crippen molar-refractivity contribution in [1.29, 1.82) is 0 Å². The highest BCUT2D eigenvalue weighted by Gasteiger charge is 2.08. The molecule has 19 heavy (non-hydrogen) atoms. The zero-order valence-electron chi connectivity index (χ0n) is 9.74. The molecule has 0 spiro atoms. The minimum atomic E-state index is -0.486. The van der Waals surface area contributed by atoms with E-state index in [9.17, 15) is 14.9 Å². The number of carbonyl (C=O) groups is 1. The average molecular weight is 262 g/mol. The number of rotatable bonds is 5. The van der Waals surface area contributed by atoms with Gasteiger partial charge in [0.05, 0.1) is 17.9 Å². The van der Waals surface area contributed by atoms with Crippen molar-refractivity contribution in [2.75, 3.05) is 0 Å². The van der Waals surface area contributed by atoms with Gasteiger partial charge >= 0.3 is 0 Å². The zero-order chi connectivity index (χ0) is 13.7. The summed E-state index contributed by atoms with van der Waals surface area (Å²) in [7, 11) is 0. The SMILES string of the molecule is O=C(Cc1ccc([N+](=O)[O-])cc1)NCc1nn[nH]n1. The highest BCUT2D eigenvalue weighted by Crippen LogP contribution is 2.12. The van der Waals surface area contributed by atoms with Crippen LogP contribution in [0, 0.1) is 10.1 Å². The van der Waals surface area contributed by atoms with Crippen LogP contribution >= 0.6 is 0 Å². The number of aromatic amines is 1. The van der Waals surface area contributed by atoms with Crippen LogP contribution in [0.4, 0.5) is 5.69 Å². The summed E-state index contributed by atoms with van der Waals surface area (Å²) in [6.45, 7) is 0.183. The Morgan fingerprint density at radius 2 is 2.11 bits per heavy atom. The van der Waals surface area contributed by atoms with Crippen molar-refractivity contribution in [1.82, 2.24) is 25.9 Å². The second-order valence-corrected chi connectivity index (χ2v) is 3.71. The van der Waals surface area contributed by atoms with E-state index < -0.39 is 4.92 Å². The van der Waals surface area contributed by atoms with Gasteiger partial charge in [0, 0.05) is 12.1 Å². The number of nitrogens with zero attached hydrogens (tertiary/aromatic N) is 4. The molecule has 9 heteroatoms. The summed E-state index contributed by atoms with van der Waals surface area (Å²) in [4.78, 5) is 21.6. The van der Waals surface area contributed by atoms with Crippen LogP contribution in [0.1, 0.15) is 11.4 Å². The highest BCUT2D eigenvalue weighted by molar-refractivity contribution is 5.78. The number of nitro groups is 1. The van der Waals surface area contributed by atoms with E-state index in [-0.39, 0.29) is 24.6 Å². The Bertz CT molecular complexity index is 565. The molecular weight excluding hydrogens is 252 g/mol. The Kier molecular flexibility index (Phi) is 3.76. The van der Waals surface area contributed by atoms with Crippen molar-refractivity contribution < 1.29 is 9.72 Å². The number of hydrogen-bond acceptors (Lipinski definition) is 6. The molecule has 9 nitrogen and oxygen atoms in total. The van der Waals surface area contributed by atoms with Crippen LogP contribution in [0.2, 0.25) is 0 Å². The van der Waals surface area contributed by atoms with Crippen LogP contribution in [0.3, 0.4) is 0 Å². The topological polar surface area (TPSA) is 127 Å². The lowest BCUT2D eigenvalue weighted by Gasteiger charge is -2.02. The van der Waals surface area contributed by atoms with E-state index in [1.54, 1.807) is 12.1 Å². The largest absolute Gasteiger partial charge is 0.348 e. The maximum Gasteiger partial charge on any atom is 0.269 e. The van der Waals surface area contributed by atoms with E-state index in [1.165, 1.54) is 12.1 Å². The Morgan fingerprint density at radius 1 is 1.37 bits per heavy atom. The molecule has 0 aliphatic heterocycles. The van der Waals surface area contributed by atoms with E-state index in [2.05, 4.69) is 25.9 Å². The molecule has 1 aromatic carbocycles. The van der Waals surface area contributed by atoms with Gasteiger partial charge in [-0.3, -0.25) is 14.9 Å². The maximum absolute atomic E-state index is 11.6. The molecule has 0 radical (unpaired) electrons. The van der Waals surface area contributed by atoms with Gasteiger partial charge in [-0.25, -0.2) is 0 Å². The van der Waals surface area contributed by atoms with Gasteiger partial charge < -0.3 is 5.32 Å². The summed E-state index contributed by atoms with van der Waals surface area (Å²) in [6.07, 6.45) is 0.135. The van der Waals surface area contributed by atoms with Gasteiger partial charge in [-0.15, -0.1) is 10.2 Å². The van der Waals surface area contributed by atoms with Crippen molar-refractivity contribution in [2.24, 2.45) is 0 Å². The summed E-state index contributed by atoms with van der Waals surface area (Å²) in [5.41, 5.74) is 0.687. The number of nitrogens with one attached hydrogen (secondary N) is 2. The van der Waals surface area contributed by atoms with E-state index in [0.29, 0.717) is 11.4 Å². The number of tetrazole rings is 1. The number of carbonyl (C=O) groups excluding carboxylic acids is 1. The predicted molar refractivity (Wildman–Crippen MR) is 62.8 cm³/mol. The predicted octanol–water partition coefficient (Wildman–Crippen LogP) is -0.0332. The average Bonchev–Trinajstić information content (AvgIpc) is 2.90. The van der Waals surface area contributed by atoms with E-state index >= 15 is 0 Å². The minimum absolute atomic E-state index is 0.00375. The Labute approximate surface area is 107 Å². The van der Waals surface area contributed by atoms with Gasteiger partial charge in [0.25, 0.3) is 5.69 Å². The number of benzene rings is 1. The molecule has 0 saturated carbocycles. The molecule has 0 atom stereocenters. The molecule has 1 amide bonds. The van der Waals surface area contributed by atoms with Gasteiger partial charge in [0.15, 0.2) is 5.82 Å². The lowest BCUT2D eigenvalue weighted by atomic mass is 10.1. The van der Waals surface area contributed by atoms with Gasteiger partial charge in [0.2, 0.25) is 5.91 Å². The molecule has 2 N–H and O–H groups in total. The molecule has 98 valence electrons. The fraction of sp³-hybridized carbons (Fsp3) is 0.200. The third-order valence-corrected chi connectivity index (χ3v) is 2.34. The number of amides is 1. The van der Waals surface area contributed by atoms with E-state index in [4.69, 9.17) is 0 Å². The molecule has 0 saturated heterocycles. The first-order chi connectivity index (χ1) is 9.15. The second kappa shape index (κ2) is 5.67. The molecule has 0 aliphatic carbocycles. The molecule has 1 aromatic heterocycles.